The van der Waals surface area contributed by atoms with Gasteiger partial charge in [-0.3, -0.25) is 10.2 Å². The normalized spacial score (nSPS) is 11.9. The summed E-state index contributed by atoms with van der Waals surface area (Å²) in [4.78, 5) is 9.09. The Morgan fingerprint density at radius 2 is 2.06 bits per heavy atom. The maximum atomic E-state index is 11.2. The lowest BCUT2D eigenvalue weighted by Gasteiger charge is -1.90. The molecule has 0 fully saturated rings. The van der Waals surface area contributed by atoms with Crippen LogP contribution < -0.4 is 0 Å². The number of H-pyrrole nitrogens is 2. The van der Waals surface area contributed by atoms with Gasteiger partial charge in [0.15, 0.2) is 15.7 Å². The van der Waals surface area contributed by atoms with Crippen LogP contribution in [0.3, 0.4) is 0 Å². The van der Waals surface area contributed by atoms with Crippen LogP contribution in [-0.2, 0) is 15.6 Å². The first-order valence-electron chi connectivity index (χ1n) is 4.64. The molecule has 2 N–H and O–H groups in total. The zero-order chi connectivity index (χ0) is 12.6. The highest BCUT2D eigenvalue weighted by atomic mass is 32.2. The number of aromatic amines is 2. The van der Waals surface area contributed by atoms with E-state index >= 15 is 0 Å². The molecule has 0 radical (unpaired) electrons. The molecule has 0 aliphatic heterocycles. The average molecular weight is 290 g/mol. The predicted octanol–water partition coefficient (Wildman–Crippen LogP) is 1.44. The van der Waals surface area contributed by atoms with Crippen molar-refractivity contribution in [3.8, 4) is 10.7 Å². The van der Waals surface area contributed by atoms with Gasteiger partial charge < -0.3 is 0 Å². The fourth-order valence-corrected chi connectivity index (χ4v) is 3.67. The predicted molar refractivity (Wildman–Crippen MR) is 68.2 cm³/mol. The first kappa shape index (κ1) is 12.4. The Bertz CT molecular complexity index is 694. The number of aryl methyl sites for hydroxylation is 1. The molecule has 0 aromatic carbocycles. The first-order valence-corrected chi connectivity index (χ1v) is 7.93. The molecule has 2 aromatic rings. The zero-order valence-electron chi connectivity index (χ0n) is 9.14. The highest BCUT2D eigenvalue weighted by Crippen LogP contribution is 2.27. The van der Waals surface area contributed by atoms with E-state index in [1.807, 2.05) is 6.92 Å². The number of aromatic nitrogens is 4. The molecule has 6 nitrogen and oxygen atoms in total. The zero-order valence-corrected chi connectivity index (χ0v) is 11.6. The van der Waals surface area contributed by atoms with Crippen LogP contribution in [0.4, 0.5) is 0 Å². The van der Waals surface area contributed by atoms with Crippen molar-refractivity contribution < 1.29 is 8.42 Å². The van der Waals surface area contributed by atoms with E-state index in [4.69, 9.17) is 12.2 Å². The monoisotopic (exact) mass is 290 g/mol. The van der Waals surface area contributed by atoms with Crippen molar-refractivity contribution in [2.45, 2.75) is 12.7 Å². The van der Waals surface area contributed by atoms with Crippen LogP contribution in [0.2, 0.25) is 0 Å². The lowest BCUT2D eigenvalue weighted by atomic mass is 10.4. The van der Waals surface area contributed by atoms with Gasteiger partial charge in [0.05, 0.1) is 10.6 Å². The van der Waals surface area contributed by atoms with Gasteiger partial charge in [0.1, 0.15) is 10.8 Å². The Morgan fingerprint density at radius 1 is 1.35 bits per heavy atom. The van der Waals surface area contributed by atoms with E-state index in [0.29, 0.717) is 15.6 Å². The van der Waals surface area contributed by atoms with E-state index in [9.17, 15) is 8.42 Å². The molecule has 0 saturated heterocycles. The molecule has 0 amide bonds. The molecule has 2 heterocycles. The third-order valence-electron chi connectivity index (χ3n) is 1.94. The molecule has 9 heteroatoms. The van der Waals surface area contributed by atoms with E-state index in [0.717, 1.165) is 10.6 Å². The van der Waals surface area contributed by atoms with Gasteiger partial charge in [-0.05, 0) is 19.1 Å². The Labute approximate surface area is 107 Å². The Kier molecular flexibility index (Phi) is 3.15. The van der Waals surface area contributed by atoms with Crippen molar-refractivity contribution in [2.75, 3.05) is 6.26 Å². The van der Waals surface area contributed by atoms with E-state index in [1.54, 1.807) is 0 Å². The number of nitrogens with zero attached hydrogens (tertiary/aromatic N) is 2. The molecule has 0 aliphatic rings. The number of rotatable bonds is 3. The molecule has 17 heavy (non-hydrogen) atoms. The van der Waals surface area contributed by atoms with Crippen molar-refractivity contribution in [1.82, 2.24) is 20.2 Å². The van der Waals surface area contributed by atoms with Crippen molar-refractivity contribution in [3.05, 3.63) is 15.5 Å². The highest BCUT2D eigenvalue weighted by Gasteiger charge is 2.15. The summed E-state index contributed by atoms with van der Waals surface area (Å²) >= 11 is 6.16. The maximum absolute atomic E-state index is 11.2. The van der Waals surface area contributed by atoms with Gasteiger partial charge in [-0.2, -0.15) is 4.98 Å². The molecule has 0 saturated carbocycles. The maximum Gasteiger partial charge on any atom is 0.213 e. The standard InChI is InChI=1S/C8H10N4O2S3/c1-4-6(7-10-8(15)12-11-7)16-5(9-4)3-17(2,13)14/h3H2,1-2H3,(H2,10,11,12,15). The molecule has 2 aromatic heterocycles. The average Bonchev–Trinajstić information content (AvgIpc) is 2.70. The van der Waals surface area contributed by atoms with E-state index in [2.05, 4.69) is 20.2 Å². The van der Waals surface area contributed by atoms with Crippen LogP contribution in [0.1, 0.15) is 10.7 Å². The van der Waals surface area contributed by atoms with E-state index in [1.165, 1.54) is 17.6 Å². The third-order valence-corrected chi connectivity index (χ3v) is 4.28. The largest absolute Gasteiger partial charge is 0.281 e. The Hall–Kier alpha value is -1.06. The molecule has 0 aliphatic carbocycles. The van der Waals surface area contributed by atoms with Gasteiger partial charge in [-0.15, -0.1) is 11.3 Å². The van der Waals surface area contributed by atoms with Gasteiger partial charge in [0.25, 0.3) is 0 Å². The summed E-state index contributed by atoms with van der Waals surface area (Å²) in [5.74, 6) is 0.536. The van der Waals surface area contributed by atoms with Crippen LogP contribution in [-0.4, -0.2) is 34.8 Å². The fourth-order valence-electron chi connectivity index (χ4n) is 1.34. The molecular weight excluding hydrogens is 280 g/mol. The minimum Gasteiger partial charge on any atom is -0.281 e. The lowest BCUT2D eigenvalue weighted by Crippen LogP contribution is -1.99. The van der Waals surface area contributed by atoms with Crippen molar-refractivity contribution >= 4 is 33.4 Å². The quantitative estimate of drug-likeness (QED) is 0.835. The summed E-state index contributed by atoms with van der Waals surface area (Å²) < 4.78 is 22.7. The van der Waals surface area contributed by atoms with E-state index < -0.39 is 9.84 Å². The molecule has 0 spiro atoms. The summed E-state index contributed by atoms with van der Waals surface area (Å²) in [5.41, 5.74) is 0.742. The molecule has 92 valence electrons. The summed E-state index contributed by atoms with van der Waals surface area (Å²) in [6.07, 6.45) is 1.19. The van der Waals surface area contributed by atoms with E-state index in [-0.39, 0.29) is 5.75 Å². The van der Waals surface area contributed by atoms with Gasteiger partial charge in [-0.1, -0.05) is 0 Å². The smallest absolute Gasteiger partial charge is 0.213 e. The minimum atomic E-state index is -3.07. The van der Waals surface area contributed by atoms with Crippen molar-refractivity contribution in [2.24, 2.45) is 0 Å². The first-order chi connectivity index (χ1) is 7.85. The minimum absolute atomic E-state index is 0.0519. The molecule has 0 unspecified atom stereocenters. The summed E-state index contributed by atoms with van der Waals surface area (Å²) in [5, 5.41) is 6.07. The number of hydrogen-bond donors (Lipinski definition) is 2. The Morgan fingerprint density at radius 3 is 2.59 bits per heavy atom. The van der Waals surface area contributed by atoms with Crippen LogP contribution >= 0.6 is 23.6 Å². The molecule has 0 atom stereocenters. The topological polar surface area (TPSA) is 91.5 Å². The van der Waals surface area contributed by atoms with Crippen LogP contribution in [0.5, 0.6) is 0 Å². The summed E-state index contributed by atoms with van der Waals surface area (Å²) in [6.45, 7) is 1.81. The second-order valence-corrected chi connectivity index (χ2v) is 7.22. The lowest BCUT2D eigenvalue weighted by molar-refractivity contribution is 0.601. The molecular formula is C8H10N4O2S3. The second-order valence-electron chi connectivity index (χ2n) is 3.61. The van der Waals surface area contributed by atoms with Gasteiger partial charge in [-0.25, -0.2) is 13.4 Å². The second kappa shape index (κ2) is 4.31. The van der Waals surface area contributed by atoms with Crippen molar-refractivity contribution in [3.63, 3.8) is 0 Å². The van der Waals surface area contributed by atoms with Gasteiger partial charge in [0.2, 0.25) is 4.77 Å². The summed E-state index contributed by atoms with van der Waals surface area (Å²) in [7, 11) is -3.07. The number of hydrogen-bond acceptors (Lipinski definition) is 6. The SMILES string of the molecule is Cc1nc(CS(C)(=O)=O)sc1-c1nc(=S)[nH][nH]1. The molecule has 2 rings (SSSR count). The van der Waals surface area contributed by atoms with Crippen LogP contribution in [0, 0.1) is 11.7 Å². The van der Waals surface area contributed by atoms with Crippen LogP contribution in [0.25, 0.3) is 10.7 Å². The number of thiazole rings is 1. The van der Waals surface area contributed by atoms with Gasteiger partial charge >= 0.3 is 0 Å². The number of nitrogens with one attached hydrogen (secondary N) is 2. The number of sulfone groups is 1. The fraction of sp³-hybridized carbons (Fsp3) is 0.375. The highest BCUT2D eigenvalue weighted by molar-refractivity contribution is 7.90. The Balaban J connectivity index is 2.41. The molecule has 0 bridgehead atoms. The van der Waals surface area contributed by atoms with Crippen LogP contribution in [0.15, 0.2) is 0 Å². The summed E-state index contributed by atoms with van der Waals surface area (Å²) in [6, 6.07) is 0. The third kappa shape index (κ3) is 2.99. The van der Waals surface area contributed by atoms with Gasteiger partial charge in [0, 0.05) is 6.26 Å². The van der Waals surface area contributed by atoms with Crippen molar-refractivity contribution in [1.29, 1.82) is 0 Å².